The van der Waals surface area contributed by atoms with Crippen molar-refractivity contribution in [2.75, 3.05) is 13.1 Å². The Kier molecular flexibility index (Phi) is 6.17. The van der Waals surface area contributed by atoms with Gasteiger partial charge in [0, 0.05) is 42.4 Å². The zero-order valence-electron chi connectivity index (χ0n) is 14.3. The number of ketones is 1. The van der Waals surface area contributed by atoms with Crippen LogP contribution in [-0.4, -0.2) is 45.8 Å². The Morgan fingerprint density at radius 1 is 1.19 bits per heavy atom. The van der Waals surface area contributed by atoms with Crippen LogP contribution in [0.25, 0.3) is 0 Å². The van der Waals surface area contributed by atoms with Gasteiger partial charge in [-0.05, 0) is 37.1 Å². The van der Waals surface area contributed by atoms with Gasteiger partial charge in [-0.25, -0.2) is 4.98 Å². The molecule has 0 bridgehead atoms. The molecule has 1 aliphatic rings. The number of halogens is 1. The average Bonchev–Trinajstić information content (AvgIpc) is 2.67. The lowest BCUT2D eigenvalue weighted by Gasteiger charge is -2.32. The summed E-state index contributed by atoms with van der Waals surface area (Å²) in [6.07, 6.45) is 6.73. The quantitative estimate of drug-likeness (QED) is 0.727. The summed E-state index contributed by atoms with van der Waals surface area (Å²) in [6.45, 7) is 1.19. The largest absolute Gasteiger partial charge is 0.471 e. The molecule has 1 aliphatic heterocycles. The molecule has 0 N–H and O–H groups in total. The number of hydrogen-bond acceptors (Lipinski definition) is 5. The molecule has 7 heteroatoms. The number of likely N-dealkylation sites (tertiary alicyclic amines) is 1. The monoisotopic (exact) mass is 373 g/mol. The van der Waals surface area contributed by atoms with Gasteiger partial charge >= 0.3 is 0 Å². The van der Waals surface area contributed by atoms with Crippen molar-refractivity contribution in [1.29, 1.82) is 0 Å². The highest BCUT2D eigenvalue weighted by Crippen LogP contribution is 2.18. The van der Waals surface area contributed by atoms with Crippen LogP contribution < -0.4 is 4.74 Å². The molecule has 1 saturated heterocycles. The Bertz CT molecular complexity index is 752. The number of carbonyl (C=O) groups excluding carboxylic acids is 2. The molecule has 1 aromatic carbocycles. The Morgan fingerprint density at radius 3 is 2.73 bits per heavy atom. The first kappa shape index (κ1) is 18.3. The summed E-state index contributed by atoms with van der Waals surface area (Å²) in [5, 5.41) is 0.583. The third kappa shape index (κ3) is 5.02. The van der Waals surface area contributed by atoms with Gasteiger partial charge in [0.05, 0.1) is 12.7 Å². The van der Waals surface area contributed by atoms with E-state index in [0.29, 0.717) is 29.6 Å². The van der Waals surface area contributed by atoms with Gasteiger partial charge in [0.1, 0.15) is 6.10 Å². The molecule has 6 nitrogen and oxygen atoms in total. The van der Waals surface area contributed by atoms with Crippen LogP contribution in [0.1, 0.15) is 36.0 Å². The SMILES string of the molecule is O=C(CCC(=O)N1CCCC(Oc2cnccn2)C1)c1ccc(Cl)cc1. The Morgan fingerprint density at radius 2 is 2.00 bits per heavy atom. The lowest BCUT2D eigenvalue weighted by molar-refractivity contribution is -0.133. The van der Waals surface area contributed by atoms with Crippen LogP contribution in [0.5, 0.6) is 5.88 Å². The van der Waals surface area contributed by atoms with Gasteiger partial charge in [-0.3, -0.25) is 14.6 Å². The first-order valence-electron chi connectivity index (χ1n) is 8.61. The van der Waals surface area contributed by atoms with E-state index in [2.05, 4.69) is 9.97 Å². The second kappa shape index (κ2) is 8.76. The fourth-order valence-corrected chi connectivity index (χ4v) is 3.06. The maximum absolute atomic E-state index is 12.5. The van der Waals surface area contributed by atoms with Gasteiger partial charge in [-0.15, -0.1) is 0 Å². The zero-order chi connectivity index (χ0) is 18.4. The summed E-state index contributed by atoms with van der Waals surface area (Å²) in [7, 11) is 0. The number of Topliss-reactive ketones (excluding diaryl/α,β-unsaturated/α-hetero) is 1. The van der Waals surface area contributed by atoms with Gasteiger partial charge in [0.2, 0.25) is 11.8 Å². The second-order valence-electron chi connectivity index (χ2n) is 6.20. The van der Waals surface area contributed by atoms with E-state index in [1.54, 1.807) is 47.8 Å². The second-order valence-corrected chi connectivity index (χ2v) is 6.63. The summed E-state index contributed by atoms with van der Waals surface area (Å²) in [6, 6.07) is 6.72. The predicted molar refractivity (Wildman–Crippen MR) is 97.3 cm³/mol. The Labute approximate surface area is 157 Å². The molecule has 0 saturated carbocycles. The van der Waals surface area contributed by atoms with E-state index in [1.165, 1.54) is 0 Å². The van der Waals surface area contributed by atoms with Crippen molar-refractivity contribution in [2.45, 2.75) is 31.8 Å². The van der Waals surface area contributed by atoms with Crippen molar-refractivity contribution in [3.05, 3.63) is 53.4 Å². The van der Waals surface area contributed by atoms with Crippen LogP contribution in [0.2, 0.25) is 5.02 Å². The minimum atomic E-state index is -0.101. The highest BCUT2D eigenvalue weighted by atomic mass is 35.5. The van der Waals surface area contributed by atoms with Crippen molar-refractivity contribution in [3.63, 3.8) is 0 Å². The topological polar surface area (TPSA) is 72.4 Å². The molecular weight excluding hydrogens is 354 g/mol. The van der Waals surface area contributed by atoms with Gasteiger partial charge in [-0.2, -0.15) is 0 Å². The summed E-state index contributed by atoms with van der Waals surface area (Å²) in [5.41, 5.74) is 0.574. The smallest absolute Gasteiger partial charge is 0.232 e. The average molecular weight is 374 g/mol. The van der Waals surface area contributed by atoms with E-state index in [4.69, 9.17) is 16.3 Å². The van der Waals surface area contributed by atoms with Crippen molar-refractivity contribution >= 4 is 23.3 Å². The van der Waals surface area contributed by atoms with Crippen molar-refractivity contribution < 1.29 is 14.3 Å². The van der Waals surface area contributed by atoms with Crippen molar-refractivity contribution in [3.8, 4) is 5.88 Å². The predicted octanol–water partition coefficient (Wildman–Crippen LogP) is 3.16. The summed E-state index contributed by atoms with van der Waals surface area (Å²) in [4.78, 5) is 34.5. The van der Waals surface area contributed by atoms with Crippen LogP contribution in [-0.2, 0) is 4.79 Å². The number of nitrogens with zero attached hydrogens (tertiary/aromatic N) is 3. The van der Waals surface area contributed by atoms with Crippen LogP contribution in [0.3, 0.4) is 0 Å². The Hall–Kier alpha value is -2.47. The molecule has 1 amide bonds. The highest BCUT2D eigenvalue weighted by Gasteiger charge is 2.25. The zero-order valence-corrected chi connectivity index (χ0v) is 15.1. The molecular formula is C19H20ClN3O3. The maximum atomic E-state index is 12.5. The molecule has 1 atom stereocenters. The van der Waals surface area contributed by atoms with Gasteiger partial charge < -0.3 is 9.64 Å². The van der Waals surface area contributed by atoms with E-state index < -0.39 is 0 Å². The number of piperidine rings is 1. The van der Waals surface area contributed by atoms with Crippen molar-refractivity contribution in [2.24, 2.45) is 0 Å². The number of amides is 1. The van der Waals surface area contributed by atoms with Crippen molar-refractivity contribution in [1.82, 2.24) is 14.9 Å². The minimum absolute atomic E-state index is 0.0280. The first-order valence-corrected chi connectivity index (χ1v) is 8.99. The third-order valence-corrected chi connectivity index (χ3v) is 4.54. The standard InChI is InChI=1S/C19H20ClN3O3/c20-15-5-3-14(4-6-15)17(24)7-8-19(25)23-11-1-2-16(13-23)26-18-12-21-9-10-22-18/h3-6,9-10,12,16H,1-2,7-8,11,13H2. The molecule has 1 fully saturated rings. The molecule has 3 rings (SSSR count). The number of benzene rings is 1. The van der Waals surface area contributed by atoms with E-state index in [1.807, 2.05) is 0 Å². The number of hydrogen-bond donors (Lipinski definition) is 0. The van der Waals surface area contributed by atoms with E-state index in [9.17, 15) is 9.59 Å². The summed E-state index contributed by atoms with van der Waals surface area (Å²) in [5.74, 6) is 0.379. The summed E-state index contributed by atoms with van der Waals surface area (Å²) < 4.78 is 5.79. The highest BCUT2D eigenvalue weighted by molar-refractivity contribution is 6.30. The van der Waals surface area contributed by atoms with E-state index >= 15 is 0 Å². The van der Waals surface area contributed by atoms with E-state index in [-0.39, 0.29) is 30.6 Å². The maximum Gasteiger partial charge on any atom is 0.232 e. The van der Waals surface area contributed by atoms with Crippen LogP contribution >= 0.6 is 11.6 Å². The molecule has 2 heterocycles. The molecule has 0 radical (unpaired) electrons. The lowest BCUT2D eigenvalue weighted by atomic mass is 10.0. The fourth-order valence-electron chi connectivity index (χ4n) is 2.94. The molecule has 0 spiro atoms. The number of carbonyl (C=O) groups is 2. The van der Waals surface area contributed by atoms with Crippen LogP contribution in [0.4, 0.5) is 0 Å². The van der Waals surface area contributed by atoms with Gasteiger partial charge in [0.25, 0.3) is 0 Å². The number of ether oxygens (including phenoxy) is 1. The lowest BCUT2D eigenvalue weighted by Crippen LogP contribution is -2.44. The molecule has 2 aromatic rings. The Balaban J connectivity index is 1.49. The molecule has 1 aromatic heterocycles. The van der Waals surface area contributed by atoms with Crippen LogP contribution in [0, 0.1) is 0 Å². The normalized spacial score (nSPS) is 17.0. The number of rotatable bonds is 6. The fraction of sp³-hybridized carbons (Fsp3) is 0.368. The minimum Gasteiger partial charge on any atom is -0.471 e. The van der Waals surface area contributed by atoms with Gasteiger partial charge in [0.15, 0.2) is 5.78 Å². The van der Waals surface area contributed by atoms with Gasteiger partial charge in [-0.1, -0.05) is 11.6 Å². The molecule has 136 valence electrons. The molecule has 26 heavy (non-hydrogen) atoms. The van der Waals surface area contributed by atoms with Crippen LogP contribution in [0.15, 0.2) is 42.9 Å². The third-order valence-electron chi connectivity index (χ3n) is 4.29. The summed E-state index contributed by atoms with van der Waals surface area (Å²) >= 11 is 5.82. The molecule has 0 aliphatic carbocycles. The van der Waals surface area contributed by atoms with E-state index in [0.717, 1.165) is 12.8 Å². The first-order chi connectivity index (χ1) is 12.6. The molecule has 1 unspecified atom stereocenters. The number of aromatic nitrogens is 2.